The van der Waals surface area contributed by atoms with Crippen molar-refractivity contribution in [3.8, 4) is 0 Å². The van der Waals surface area contributed by atoms with E-state index in [1.54, 1.807) is 6.08 Å². The van der Waals surface area contributed by atoms with Crippen LogP contribution in [0.5, 0.6) is 0 Å². The molecule has 0 amide bonds. The van der Waals surface area contributed by atoms with Crippen LogP contribution < -0.4 is 0 Å². The first-order valence-corrected chi connectivity index (χ1v) is 9.47. The Morgan fingerprint density at radius 1 is 1.18 bits per heavy atom. The lowest BCUT2D eigenvalue weighted by Crippen LogP contribution is -2.13. The van der Waals surface area contributed by atoms with Gasteiger partial charge in [-0.25, -0.2) is 4.98 Å². The summed E-state index contributed by atoms with van der Waals surface area (Å²) < 4.78 is 38.9. The molecule has 0 aliphatic rings. The number of aliphatic hydroxyl groups excluding tert-OH is 2. The number of carboxylic acids is 1. The Balaban J connectivity index is 2.90. The van der Waals surface area contributed by atoms with E-state index in [0.29, 0.717) is 18.4 Å². The van der Waals surface area contributed by atoms with Crippen molar-refractivity contribution in [3.05, 3.63) is 35.2 Å². The van der Waals surface area contributed by atoms with Gasteiger partial charge in [-0.3, -0.25) is 4.79 Å². The predicted molar refractivity (Wildman–Crippen MR) is 99.5 cm³/mol. The molecular formula is C20H28F3NO4. The van der Waals surface area contributed by atoms with E-state index >= 15 is 0 Å². The molecule has 3 N–H and O–H groups in total. The molecule has 0 aromatic carbocycles. The van der Waals surface area contributed by atoms with Gasteiger partial charge < -0.3 is 15.3 Å². The van der Waals surface area contributed by atoms with Crippen molar-refractivity contribution < 1.29 is 33.3 Å². The second kappa shape index (κ2) is 11.8. The SMILES string of the molecule is CCCCCC(O)C/C=C/c1ccc(C(F)(F)F)nc1C(O)CCCC(=O)O. The standard InChI is InChI=1S/C20H28F3NO4/c1-2-3-4-8-15(25)9-5-7-14-12-13-17(20(21,22)23)24-19(14)16(26)10-6-11-18(27)28/h5,7,12-13,15-16,25-26H,2-4,6,8-11H2,1H3,(H,27,28)/b7-5+. The predicted octanol–water partition coefficient (Wildman–Crippen LogP) is 4.73. The number of carboxylic acid groups (broad SMARTS) is 1. The minimum atomic E-state index is -4.65. The van der Waals surface area contributed by atoms with Crippen LogP contribution in [-0.4, -0.2) is 32.4 Å². The Bertz CT molecular complexity index is 647. The number of aliphatic carboxylic acids is 1. The van der Waals surface area contributed by atoms with E-state index in [1.807, 2.05) is 0 Å². The molecule has 2 atom stereocenters. The number of hydrogen-bond donors (Lipinski definition) is 3. The average Bonchev–Trinajstić information content (AvgIpc) is 2.60. The fraction of sp³-hybridized carbons (Fsp3) is 0.600. The fourth-order valence-corrected chi connectivity index (χ4v) is 2.73. The number of rotatable bonds is 12. The smallest absolute Gasteiger partial charge is 0.433 e. The average molecular weight is 403 g/mol. The summed E-state index contributed by atoms with van der Waals surface area (Å²) in [6.07, 6.45) is 0.575. The van der Waals surface area contributed by atoms with Crippen molar-refractivity contribution in [2.24, 2.45) is 0 Å². The molecule has 1 rings (SSSR count). The first-order valence-electron chi connectivity index (χ1n) is 9.47. The Kier molecular flexibility index (Phi) is 10.2. The zero-order chi connectivity index (χ0) is 21.2. The van der Waals surface area contributed by atoms with Crippen molar-refractivity contribution in [1.29, 1.82) is 0 Å². The molecule has 1 heterocycles. The molecule has 28 heavy (non-hydrogen) atoms. The summed E-state index contributed by atoms with van der Waals surface area (Å²) in [7, 11) is 0. The number of aliphatic hydroxyl groups is 2. The Morgan fingerprint density at radius 2 is 1.89 bits per heavy atom. The van der Waals surface area contributed by atoms with Gasteiger partial charge in [-0.2, -0.15) is 13.2 Å². The topological polar surface area (TPSA) is 90.7 Å². The summed E-state index contributed by atoms with van der Waals surface area (Å²) in [6.45, 7) is 2.06. The van der Waals surface area contributed by atoms with Gasteiger partial charge in [-0.1, -0.05) is 44.4 Å². The van der Waals surface area contributed by atoms with Crippen molar-refractivity contribution in [1.82, 2.24) is 4.98 Å². The van der Waals surface area contributed by atoms with Crippen molar-refractivity contribution in [2.45, 2.75) is 76.7 Å². The highest BCUT2D eigenvalue weighted by atomic mass is 19.4. The van der Waals surface area contributed by atoms with Gasteiger partial charge in [0.1, 0.15) is 5.69 Å². The first kappa shape index (κ1) is 24.1. The number of aromatic nitrogens is 1. The molecule has 0 fully saturated rings. The number of pyridine rings is 1. The number of halogens is 3. The summed E-state index contributed by atoms with van der Waals surface area (Å²) >= 11 is 0. The Hall–Kier alpha value is -1.93. The van der Waals surface area contributed by atoms with E-state index < -0.39 is 30.0 Å². The monoisotopic (exact) mass is 403 g/mol. The van der Waals surface area contributed by atoms with E-state index in [0.717, 1.165) is 25.3 Å². The van der Waals surface area contributed by atoms with E-state index in [2.05, 4.69) is 11.9 Å². The second-order valence-corrected chi connectivity index (χ2v) is 6.76. The van der Waals surface area contributed by atoms with Gasteiger partial charge in [-0.15, -0.1) is 0 Å². The molecule has 0 saturated carbocycles. The third-order valence-corrected chi connectivity index (χ3v) is 4.28. The van der Waals surface area contributed by atoms with Crippen LogP contribution in [0.1, 0.15) is 81.3 Å². The summed E-state index contributed by atoms with van der Waals surface area (Å²) in [5.74, 6) is -1.04. The maximum Gasteiger partial charge on any atom is 0.433 e. The molecule has 0 saturated heterocycles. The molecule has 1 aromatic heterocycles. The molecule has 5 nitrogen and oxygen atoms in total. The van der Waals surface area contributed by atoms with Gasteiger partial charge in [-0.05, 0) is 37.3 Å². The molecule has 8 heteroatoms. The van der Waals surface area contributed by atoms with Crippen LogP contribution in [0.3, 0.4) is 0 Å². The molecular weight excluding hydrogens is 375 g/mol. The number of hydrogen-bond acceptors (Lipinski definition) is 4. The summed E-state index contributed by atoms with van der Waals surface area (Å²) in [5, 5.41) is 28.8. The second-order valence-electron chi connectivity index (χ2n) is 6.76. The van der Waals surface area contributed by atoms with Gasteiger partial charge in [0.05, 0.1) is 17.9 Å². The van der Waals surface area contributed by atoms with Crippen LogP contribution in [0.25, 0.3) is 6.08 Å². The van der Waals surface area contributed by atoms with E-state index in [9.17, 15) is 28.2 Å². The number of carbonyl (C=O) groups is 1. The normalized spacial score (nSPS) is 14.4. The van der Waals surface area contributed by atoms with Crippen LogP contribution in [0.4, 0.5) is 13.2 Å². The molecule has 0 aliphatic carbocycles. The number of unbranched alkanes of at least 4 members (excludes halogenated alkanes) is 2. The quantitative estimate of drug-likeness (QED) is 0.439. The first-order chi connectivity index (χ1) is 13.1. The lowest BCUT2D eigenvalue weighted by atomic mass is 10.0. The van der Waals surface area contributed by atoms with Gasteiger partial charge in [0.2, 0.25) is 0 Å². The molecule has 1 aromatic rings. The van der Waals surface area contributed by atoms with Gasteiger partial charge in [0, 0.05) is 6.42 Å². The summed E-state index contributed by atoms with van der Waals surface area (Å²) in [4.78, 5) is 14.2. The van der Waals surface area contributed by atoms with E-state index in [4.69, 9.17) is 5.11 Å². The summed E-state index contributed by atoms with van der Waals surface area (Å²) in [5.41, 5.74) is -0.940. The van der Waals surface area contributed by atoms with Crippen LogP contribution >= 0.6 is 0 Å². The third kappa shape index (κ3) is 8.84. The zero-order valence-corrected chi connectivity index (χ0v) is 16.0. The maximum absolute atomic E-state index is 13.0. The third-order valence-electron chi connectivity index (χ3n) is 4.28. The van der Waals surface area contributed by atoms with Crippen molar-refractivity contribution in [2.75, 3.05) is 0 Å². The highest BCUT2D eigenvalue weighted by Gasteiger charge is 2.33. The number of nitrogens with zero attached hydrogens (tertiary/aromatic N) is 1. The Morgan fingerprint density at radius 3 is 2.50 bits per heavy atom. The minimum absolute atomic E-state index is 0.0128. The molecule has 0 radical (unpaired) electrons. The van der Waals surface area contributed by atoms with Crippen LogP contribution in [-0.2, 0) is 11.0 Å². The molecule has 2 unspecified atom stereocenters. The van der Waals surface area contributed by atoms with Gasteiger partial charge in [0.15, 0.2) is 0 Å². The largest absolute Gasteiger partial charge is 0.481 e. The summed E-state index contributed by atoms with van der Waals surface area (Å²) in [6, 6.07) is 2.07. The van der Waals surface area contributed by atoms with Crippen LogP contribution in [0.2, 0.25) is 0 Å². The van der Waals surface area contributed by atoms with Crippen molar-refractivity contribution >= 4 is 12.0 Å². The zero-order valence-electron chi connectivity index (χ0n) is 16.0. The van der Waals surface area contributed by atoms with Gasteiger partial charge >= 0.3 is 12.1 Å². The number of alkyl halides is 3. The highest BCUT2D eigenvalue weighted by molar-refractivity contribution is 5.66. The van der Waals surface area contributed by atoms with Crippen LogP contribution in [0, 0.1) is 0 Å². The lowest BCUT2D eigenvalue weighted by Gasteiger charge is -2.15. The highest BCUT2D eigenvalue weighted by Crippen LogP contribution is 2.31. The van der Waals surface area contributed by atoms with E-state index in [-0.39, 0.29) is 25.0 Å². The molecule has 0 aliphatic heterocycles. The van der Waals surface area contributed by atoms with Crippen molar-refractivity contribution in [3.63, 3.8) is 0 Å². The van der Waals surface area contributed by atoms with Crippen LogP contribution in [0.15, 0.2) is 18.2 Å². The minimum Gasteiger partial charge on any atom is -0.481 e. The molecule has 0 bridgehead atoms. The van der Waals surface area contributed by atoms with E-state index in [1.165, 1.54) is 12.1 Å². The van der Waals surface area contributed by atoms with Gasteiger partial charge in [0.25, 0.3) is 0 Å². The molecule has 158 valence electrons. The Labute approximate surface area is 162 Å². The lowest BCUT2D eigenvalue weighted by molar-refractivity contribution is -0.141. The molecule has 0 spiro atoms. The maximum atomic E-state index is 13.0. The fourth-order valence-electron chi connectivity index (χ4n) is 2.73.